The van der Waals surface area contributed by atoms with Gasteiger partial charge in [-0.25, -0.2) is 0 Å². The largest absolute Gasteiger partial charge is 0.496 e. The molecule has 2 heteroatoms. The molecule has 0 aliphatic heterocycles. The van der Waals surface area contributed by atoms with Crippen molar-refractivity contribution in [2.45, 2.75) is 37.4 Å². The van der Waals surface area contributed by atoms with Gasteiger partial charge in [-0.15, -0.1) is 0 Å². The number of para-hydroxylation sites is 1. The molecule has 0 heterocycles. The molecule has 1 aliphatic rings. The molecule has 94 valence electrons. The predicted octanol–water partition coefficient (Wildman–Crippen LogP) is 4.44. The Labute approximate surface area is 113 Å². The van der Waals surface area contributed by atoms with E-state index >= 15 is 0 Å². The Bertz CT molecular complexity index is 364. The van der Waals surface area contributed by atoms with Crippen molar-refractivity contribution in [3.05, 3.63) is 29.8 Å². The molecule has 0 spiro atoms. The molecule has 0 amide bonds. The summed E-state index contributed by atoms with van der Waals surface area (Å²) >= 11 is 3.89. The van der Waals surface area contributed by atoms with Crippen LogP contribution in [0.25, 0.3) is 0 Å². The topological polar surface area (TPSA) is 9.23 Å². The molecule has 1 saturated carbocycles. The number of alkyl halides is 1. The summed E-state index contributed by atoms with van der Waals surface area (Å²) in [5, 5.41) is 0. The molecule has 2 rings (SSSR count). The van der Waals surface area contributed by atoms with Crippen molar-refractivity contribution in [1.82, 2.24) is 0 Å². The third kappa shape index (κ3) is 3.04. The lowest BCUT2D eigenvalue weighted by Crippen LogP contribution is -2.19. The molecule has 3 atom stereocenters. The summed E-state index contributed by atoms with van der Waals surface area (Å²) < 4.78 is 5.41. The minimum atomic E-state index is 0.580. The summed E-state index contributed by atoms with van der Waals surface area (Å²) in [6, 6.07) is 8.35. The molecule has 0 saturated heterocycles. The lowest BCUT2D eigenvalue weighted by molar-refractivity contribution is 0.391. The smallest absolute Gasteiger partial charge is 0.122 e. The van der Waals surface area contributed by atoms with E-state index in [1.54, 1.807) is 7.11 Å². The first kappa shape index (κ1) is 12.9. The molecule has 1 fully saturated rings. The monoisotopic (exact) mass is 296 g/mol. The Kier molecular flexibility index (Phi) is 4.49. The Morgan fingerprint density at radius 1 is 1.35 bits per heavy atom. The van der Waals surface area contributed by atoms with Crippen molar-refractivity contribution >= 4 is 15.9 Å². The molecular weight excluding hydrogens is 276 g/mol. The van der Waals surface area contributed by atoms with Crippen molar-refractivity contribution in [3.8, 4) is 5.75 Å². The van der Waals surface area contributed by atoms with Crippen molar-refractivity contribution in [2.75, 3.05) is 7.11 Å². The van der Waals surface area contributed by atoms with E-state index in [0.29, 0.717) is 4.83 Å². The van der Waals surface area contributed by atoms with Crippen LogP contribution in [0.15, 0.2) is 24.3 Å². The van der Waals surface area contributed by atoms with Gasteiger partial charge >= 0.3 is 0 Å². The SMILES string of the molecule is COc1ccccc1CC(Br)C1CCCC1C. The van der Waals surface area contributed by atoms with Crippen molar-refractivity contribution in [1.29, 1.82) is 0 Å². The van der Waals surface area contributed by atoms with Crippen LogP contribution in [0.1, 0.15) is 31.7 Å². The number of methoxy groups -OCH3 is 1. The van der Waals surface area contributed by atoms with Crippen LogP contribution in [-0.2, 0) is 6.42 Å². The van der Waals surface area contributed by atoms with E-state index < -0.39 is 0 Å². The highest BCUT2D eigenvalue weighted by atomic mass is 79.9. The highest BCUT2D eigenvalue weighted by Gasteiger charge is 2.29. The highest BCUT2D eigenvalue weighted by Crippen LogP contribution is 2.38. The Morgan fingerprint density at radius 2 is 2.12 bits per heavy atom. The number of halogens is 1. The van der Waals surface area contributed by atoms with Gasteiger partial charge in [0.2, 0.25) is 0 Å². The maximum Gasteiger partial charge on any atom is 0.122 e. The van der Waals surface area contributed by atoms with Crippen molar-refractivity contribution in [2.24, 2.45) is 11.8 Å². The van der Waals surface area contributed by atoms with Crippen LogP contribution >= 0.6 is 15.9 Å². The van der Waals surface area contributed by atoms with Crippen molar-refractivity contribution < 1.29 is 4.74 Å². The average Bonchev–Trinajstić information content (AvgIpc) is 2.76. The van der Waals surface area contributed by atoms with E-state index in [4.69, 9.17) is 4.74 Å². The van der Waals surface area contributed by atoms with E-state index in [1.807, 2.05) is 12.1 Å². The molecule has 0 N–H and O–H groups in total. The van der Waals surface area contributed by atoms with Crippen molar-refractivity contribution in [3.63, 3.8) is 0 Å². The van der Waals surface area contributed by atoms with E-state index in [2.05, 4.69) is 35.0 Å². The summed E-state index contributed by atoms with van der Waals surface area (Å²) in [6.45, 7) is 2.38. The second-order valence-electron chi connectivity index (χ2n) is 5.10. The summed E-state index contributed by atoms with van der Waals surface area (Å²) in [7, 11) is 1.75. The lowest BCUT2D eigenvalue weighted by atomic mass is 9.91. The van der Waals surface area contributed by atoms with E-state index in [-0.39, 0.29) is 0 Å². The van der Waals surface area contributed by atoms with Crippen LogP contribution in [0.4, 0.5) is 0 Å². The van der Waals surface area contributed by atoms with Gasteiger partial charge in [0.15, 0.2) is 0 Å². The normalized spacial score (nSPS) is 25.8. The number of ether oxygens (including phenoxy) is 1. The first-order chi connectivity index (χ1) is 8.22. The second kappa shape index (κ2) is 5.90. The van der Waals surface area contributed by atoms with Crippen LogP contribution in [0, 0.1) is 11.8 Å². The Hall–Kier alpha value is -0.500. The minimum absolute atomic E-state index is 0.580. The summed E-state index contributed by atoms with van der Waals surface area (Å²) in [4.78, 5) is 0.580. The fourth-order valence-corrected chi connectivity index (χ4v) is 4.08. The molecule has 0 aromatic heterocycles. The van der Waals surface area contributed by atoms with E-state index in [0.717, 1.165) is 24.0 Å². The van der Waals surface area contributed by atoms with Gasteiger partial charge in [-0.1, -0.05) is 53.9 Å². The number of hydrogen-bond donors (Lipinski definition) is 0. The molecule has 17 heavy (non-hydrogen) atoms. The average molecular weight is 297 g/mol. The molecule has 1 nitrogen and oxygen atoms in total. The van der Waals surface area contributed by atoms with Gasteiger partial charge in [-0.3, -0.25) is 0 Å². The Balaban J connectivity index is 2.04. The van der Waals surface area contributed by atoms with E-state index in [1.165, 1.54) is 24.8 Å². The number of hydrogen-bond acceptors (Lipinski definition) is 1. The van der Waals surface area contributed by atoms with Crippen LogP contribution in [0.5, 0.6) is 5.75 Å². The molecule has 1 aromatic carbocycles. The first-order valence-corrected chi connectivity index (χ1v) is 7.40. The third-order valence-electron chi connectivity index (χ3n) is 4.00. The minimum Gasteiger partial charge on any atom is -0.496 e. The molecule has 0 bridgehead atoms. The van der Waals surface area contributed by atoms with Gasteiger partial charge in [-0.2, -0.15) is 0 Å². The summed E-state index contributed by atoms with van der Waals surface area (Å²) in [5.74, 6) is 2.69. The lowest BCUT2D eigenvalue weighted by Gasteiger charge is -2.22. The molecular formula is C15H21BrO. The van der Waals surface area contributed by atoms with Crippen LogP contribution < -0.4 is 4.74 Å². The summed E-state index contributed by atoms with van der Waals surface area (Å²) in [5.41, 5.74) is 1.32. The Morgan fingerprint density at radius 3 is 2.76 bits per heavy atom. The second-order valence-corrected chi connectivity index (χ2v) is 6.28. The maximum atomic E-state index is 5.41. The maximum absolute atomic E-state index is 5.41. The van der Waals surface area contributed by atoms with Crippen LogP contribution in [0.2, 0.25) is 0 Å². The quantitative estimate of drug-likeness (QED) is 0.747. The van der Waals surface area contributed by atoms with E-state index in [9.17, 15) is 0 Å². The standard InChI is InChI=1S/C15H21BrO/c1-11-6-5-8-13(11)14(16)10-12-7-3-4-9-15(12)17-2/h3-4,7,9,11,13-14H,5-6,8,10H2,1-2H3. The third-order valence-corrected chi connectivity index (χ3v) is 5.00. The van der Waals surface area contributed by atoms with Gasteiger partial charge in [0.25, 0.3) is 0 Å². The van der Waals surface area contributed by atoms with Gasteiger partial charge < -0.3 is 4.74 Å². The molecule has 0 radical (unpaired) electrons. The summed E-state index contributed by atoms with van der Waals surface area (Å²) in [6.07, 6.45) is 5.21. The predicted molar refractivity (Wildman–Crippen MR) is 75.9 cm³/mol. The molecule has 3 unspecified atom stereocenters. The van der Waals surface area contributed by atoms with Crippen LogP contribution in [0.3, 0.4) is 0 Å². The first-order valence-electron chi connectivity index (χ1n) is 6.48. The number of rotatable bonds is 4. The molecule has 1 aliphatic carbocycles. The van der Waals surface area contributed by atoms with Gasteiger partial charge in [-0.05, 0) is 36.3 Å². The van der Waals surface area contributed by atoms with Gasteiger partial charge in [0.05, 0.1) is 7.11 Å². The van der Waals surface area contributed by atoms with Gasteiger partial charge in [0.1, 0.15) is 5.75 Å². The highest BCUT2D eigenvalue weighted by molar-refractivity contribution is 9.09. The zero-order chi connectivity index (χ0) is 12.3. The molecule has 1 aromatic rings. The van der Waals surface area contributed by atoms with Crippen LogP contribution in [-0.4, -0.2) is 11.9 Å². The fraction of sp³-hybridized carbons (Fsp3) is 0.600. The zero-order valence-corrected chi connectivity index (χ0v) is 12.2. The van der Waals surface area contributed by atoms with Gasteiger partial charge in [0, 0.05) is 4.83 Å². The zero-order valence-electron chi connectivity index (χ0n) is 10.7. The fourth-order valence-electron chi connectivity index (χ4n) is 2.94. The number of benzene rings is 1.